The standard InChI is InChI=1S/C21H20BrNO2/c1-3-14(2)17-6-4-5-7-18(17)23-21(24)20-13-12-19(25-20)15-8-10-16(22)11-9-15/h4-14H,3H2,1-2H3,(H,23,24)/t14-/m0/s1. The number of rotatable bonds is 5. The SMILES string of the molecule is CC[C@H](C)c1ccccc1NC(=O)c1ccc(-c2ccc(Br)cc2)o1. The first-order valence-corrected chi connectivity index (χ1v) is 9.14. The molecule has 0 unspecified atom stereocenters. The van der Waals surface area contributed by atoms with Gasteiger partial charge in [-0.15, -0.1) is 0 Å². The van der Waals surface area contributed by atoms with Gasteiger partial charge in [0.2, 0.25) is 0 Å². The van der Waals surface area contributed by atoms with Gasteiger partial charge in [-0.1, -0.05) is 60.1 Å². The molecule has 3 rings (SSSR count). The monoisotopic (exact) mass is 397 g/mol. The molecule has 0 saturated heterocycles. The topological polar surface area (TPSA) is 42.2 Å². The molecule has 2 aromatic carbocycles. The minimum absolute atomic E-state index is 0.237. The normalized spacial score (nSPS) is 12.0. The summed E-state index contributed by atoms with van der Waals surface area (Å²) in [5.41, 5.74) is 2.91. The Kier molecular flexibility index (Phi) is 5.39. The van der Waals surface area contributed by atoms with E-state index in [1.807, 2.05) is 48.5 Å². The van der Waals surface area contributed by atoms with Crippen molar-refractivity contribution in [3.63, 3.8) is 0 Å². The lowest BCUT2D eigenvalue weighted by Crippen LogP contribution is -2.13. The van der Waals surface area contributed by atoms with Gasteiger partial charge in [-0.05, 0) is 48.2 Å². The first-order chi connectivity index (χ1) is 12.1. The highest BCUT2D eigenvalue weighted by Crippen LogP contribution is 2.28. The van der Waals surface area contributed by atoms with Crippen LogP contribution in [-0.2, 0) is 0 Å². The Labute approximate surface area is 156 Å². The number of amides is 1. The number of para-hydroxylation sites is 1. The summed E-state index contributed by atoms with van der Waals surface area (Å²) < 4.78 is 6.75. The van der Waals surface area contributed by atoms with Gasteiger partial charge in [0.15, 0.2) is 5.76 Å². The second-order valence-corrected chi connectivity index (χ2v) is 6.94. The summed E-state index contributed by atoms with van der Waals surface area (Å²) in [5.74, 6) is 1.12. The highest BCUT2D eigenvalue weighted by Gasteiger charge is 2.15. The zero-order valence-corrected chi connectivity index (χ0v) is 15.8. The molecule has 0 radical (unpaired) electrons. The van der Waals surface area contributed by atoms with Crippen LogP contribution in [0.1, 0.15) is 42.3 Å². The second-order valence-electron chi connectivity index (χ2n) is 6.02. The van der Waals surface area contributed by atoms with E-state index in [2.05, 4.69) is 41.2 Å². The lowest BCUT2D eigenvalue weighted by molar-refractivity contribution is 0.0997. The summed E-state index contributed by atoms with van der Waals surface area (Å²) in [6.45, 7) is 4.30. The number of hydrogen-bond donors (Lipinski definition) is 1. The lowest BCUT2D eigenvalue weighted by Gasteiger charge is -2.15. The predicted molar refractivity (Wildman–Crippen MR) is 105 cm³/mol. The molecule has 4 heteroatoms. The van der Waals surface area contributed by atoms with Gasteiger partial charge in [0, 0.05) is 15.7 Å². The quantitative estimate of drug-likeness (QED) is 0.535. The molecule has 1 atom stereocenters. The molecule has 1 heterocycles. The highest BCUT2D eigenvalue weighted by molar-refractivity contribution is 9.10. The maximum Gasteiger partial charge on any atom is 0.291 e. The van der Waals surface area contributed by atoms with Crippen molar-refractivity contribution in [3.05, 3.63) is 76.5 Å². The van der Waals surface area contributed by atoms with E-state index in [9.17, 15) is 4.79 Å². The maximum absolute atomic E-state index is 12.6. The van der Waals surface area contributed by atoms with Crippen molar-refractivity contribution in [2.75, 3.05) is 5.32 Å². The van der Waals surface area contributed by atoms with Crippen LogP contribution in [0.2, 0.25) is 0 Å². The Morgan fingerprint density at radius 3 is 2.52 bits per heavy atom. The van der Waals surface area contributed by atoms with Crippen molar-refractivity contribution < 1.29 is 9.21 Å². The van der Waals surface area contributed by atoms with Crippen LogP contribution >= 0.6 is 15.9 Å². The zero-order chi connectivity index (χ0) is 17.8. The van der Waals surface area contributed by atoms with Gasteiger partial charge in [-0.2, -0.15) is 0 Å². The van der Waals surface area contributed by atoms with Crippen LogP contribution in [0, 0.1) is 0 Å². The Morgan fingerprint density at radius 1 is 1.08 bits per heavy atom. The molecule has 0 fully saturated rings. The Balaban J connectivity index is 1.80. The first kappa shape index (κ1) is 17.5. The molecule has 0 bridgehead atoms. The zero-order valence-electron chi connectivity index (χ0n) is 14.3. The maximum atomic E-state index is 12.6. The number of furan rings is 1. The molecule has 1 aromatic heterocycles. The molecule has 0 aliphatic carbocycles. The molecule has 128 valence electrons. The van der Waals surface area contributed by atoms with E-state index in [0.29, 0.717) is 17.4 Å². The number of halogens is 1. The van der Waals surface area contributed by atoms with Gasteiger partial charge in [0.05, 0.1) is 0 Å². The molecule has 1 N–H and O–H groups in total. The third-order valence-corrected chi connectivity index (χ3v) is 4.84. The van der Waals surface area contributed by atoms with Crippen LogP contribution in [0.4, 0.5) is 5.69 Å². The van der Waals surface area contributed by atoms with E-state index in [1.165, 1.54) is 0 Å². The van der Waals surface area contributed by atoms with Crippen molar-refractivity contribution in [1.29, 1.82) is 0 Å². The van der Waals surface area contributed by atoms with Crippen LogP contribution < -0.4 is 5.32 Å². The molecule has 1 amide bonds. The molecular formula is C21H20BrNO2. The highest BCUT2D eigenvalue weighted by atomic mass is 79.9. The second kappa shape index (κ2) is 7.70. The minimum Gasteiger partial charge on any atom is -0.451 e. The average molecular weight is 398 g/mol. The van der Waals surface area contributed by atoms with Gasteiger partial charge in [0.1, 0.15) is 5.76 Å². The average Bonchev–Trinajstić information content (AvgIpc) is 3.12. The van der Waals surface area contributed by atoms with Crippen LogP contribution in [0.5, 0.6) is 0 Å². The van der Waals surface area contributed by atoms with Crippen LogP contribution in [0.3, 0.4) is 0 Å². The number of nitrogens with one attached hydrogen (secondary N) is 1. The van der Waals surface area contributed by atoms with Gasteiger partial charge in [-0.25, -0.2) is 0 Å². The summed E-state index contributed by atoms with van der Waals surface area (Å²) in [6.07, 6.45) is 1.02. The Hall–Kier alpha value is -2.33. The number of benzene rings is 2. The fourth-order valence-corrected chi connectivity index (χ4v) is 2.94. The van der Waals surface area contributed by atoms with Crippen LogP contribution in [-0.4, -0.2) is 5.91 Å². The Morgan fingerprint density at radius 2 is 1.80 bits per heavy atom. The fourth-order valence-electron chi connectivity index (χ4n) is 2.67. The molecule has 25 heavy (non-hydrogen) atoms. The summed E-state index contributed by atoms with van der Waals surface area (Å²) in [6, 6.07) is 19.2. The molecule has 0 aliphatic rings. The molecule has 0 aliphatic heterocycles. The van der Waals surface area contributed by atoms with Crippen molar-refractivity contribution in [2.45, 2.75) is 26.2 Å². The third kappa shape index (κ3) is 4.02. The fraction of sp³-hybridized carbons (Fsp3) is 0.190. The van der Waals surface area contributed by atoms with Crippen molar-refractivity contribution in [3.8, 4) is 11.3 Å². The summed E-state index contributed by atoms with van der Waals surface area (Å²) in [5, 5.41) is 2.98. The van der Waals surface area contributed by atoms with Crippen molar-refractivity contribution in [2.24, 2.45) is 0 Å². The molecular weight excluding hydrogens is 378 g/mol. The predicted octanol–water partition coefficient (Wildman–Crippen LogP) is 6.47. The largest absolute Gasteiger partial charge is 0.451 e. The van der Waals surface area contributed by atoms with Crippen LogP contribution in [0.25, 0.3) is 11.3 Å². The molecule has 3 aromatic rings. The molecule has 0 saturated carbocycles. The van der Waals surface area contributed by atoms with E-state index in [1.54, 1.807) is 6.07 Å². The number of anilines is 1. The lowest BCUT2D eigenvalue weighted by atomic mass is 9.97. The van der Waals surface area contributed by atoms with E-state index >= 15 is 0 Å². The van der Waals surface area contributed by atoms with E-state index in [-0.39, 0.29) is 5.91 Å². The smallest absolute Gasteiger partial charge is 0.291 e. The molecule has 3 nitrogen and oxygen atoms in total. The van der Waals surface area contributed by atoms with Gasteiger partial charge >= 0.3 is 0 Å². The van der Waals surface area contributed by atoms with E-state index < -0.39 is 0 Å². The van der Waals surface area contributed by atoms with Crippen molar-refractivity contribution >= 4 is 27.5 Å². The summed E-state index contributed by atoms with van der Waals surface area (Å²) in [7, 11) is 0. The minimum atomic E-state index is -0.237. The number of hydrogen-bond acceptors (Lipinski definition) is 2. The van der Waals surface area contributed by atoms with Gasteiger partial charge in [0.25, 0.3) is 5.91 Å². The van der Waals surface area contributed by atoms with Gasteiger partial charge < -0.3 is 9.73 Å². The Bertz CT molecular complexity index is 868. The number of carbonyl (C=O) groups is 1. The molecule has 0 spiro atoms. The van der Waals surface area contributed by atoms with E-state index in [0.717, 1.165) is 27.7 Å². The third-order valence-electron chi connectivity index (χ3n) is 4.31. The summed E-state index contributed by atoms with van der Waals surface area (Å²) in [4.78, 5) is 12.6. The van der Waals surface area contributed by atoms with Crippen molar-refractivity contribution in [1.82, 2.24) is 0 Å². The first-order valence-electron chi connectivity index (χ1n) is 8.34. The van der Waals surface area contributed by atoms with E-state index in [4.69, 9.17) is 4.42 Å². The van der Waals surface area contributed by atoms with Crippen LogP contribution in [0.15, 0.2) is 69.6 Å². The number of carbonyl (C=O) groups excluding carboxylic acids is 1. The summed E-state index contributed by atoms with van der Waals surface area (Å²) >= 11 is 3.41. The van der Waals surface area contributed by atoms with Gasteiger partial charge in [-0.3, -0.25) is 4.79 Å².